The molecular weight excluding hydrogens is 338 g/mol. The molecule has 6 heteroatoms. The summed E-state index contributed by atoms with van der Waals surface area (Å²) in [5, 5.41) is 0. The van der Waals surface area contributed by atoms with Crippen LogP contribution in [-0.4, -0.2) is 30.5 Å². The molecule has 2 N–H and O–H groups in total. The Morgan fingerprint density at radius 2 is 2.00 bits per heavy atom. The summed E-state index contributed by atoms with van der Waals surface area (Å²) in [4.78, 5) is 14.4. The van der Waals surface area contributed by atoms with E-state index in [1.807, 2.05) is 18.2 Å². The van der Waals surface area contributed by atoms with Gasteiger partial charge in [-0.25, -0.2) is 8.78 Å². The molecule has 3 rings (SSSR count). The van der Waals surface area contributed by atoms with Crippen molar-refractivity contribution in [2.75, 3.05) is 19.7 Å². The normalized spacial score (nSPS) is 14.1. The molecule has 1 heterocycles. The third-order valence-electron chi connectivity index (χ3n) is 4.43. The first kappa shape index (κ1) is 18.1. The van der Waals surface area contributed by atoms with E-state index in [1.54, 1.807) is 4.90 Å². The molecule has 2 aromatic carbocycles. The Hall–Kier alpha value is -2.73. The van der Waals surface area contributed by atoms with Gasteiger partial charge in [0.05, 0.1) is 6.33 Å². The fourth-order valence-electron chi connectivity index (χ4n) is 2.91. The molecule has 0 aromatic heterocycles. The van der Waals surface area contributed by atoms with E-state index >= 15 is 0 Å². The van der Waals surface area contributed by atoms with Crippen LogP contribution in [0.25, 0.3) is 0 Å². The lowest BCUT2D eigenvalue weighted by molar-refractivity contribution is 0.0734. The second-order valence-electron chi connectivity index (χ2n) is 6.15. The minimum atomic E-state index is -0.663. The molecular formula is C20H20F2N2O2. The molecule has 26 heavy (non-hydrogen) atoms. The van der Waals surface area contributed by atoms with Crippen molar-refractivity contribution in [2.45, 2.75) is 13.0 Å². The number of fused-ring (bicyclic) bond motifs is 1. The minimum Gasteiger partial charge on any atom is -0.486 e. The summed E-state index contributed by atoms with van der Waals surface area (Å²) < 4.78 is 31.9. The molecule has 0 bridgehead atoms. The van der Waals surface area contributed by atoms with E-state index in [0.29, 0.717) is 19.4 Å². The lowest BCUT2D eigenvalue weighted by Gasteiger charge is -2.29. The van der Waals surface area contributed by atoms with Crippen LogP contribution in [-0.2, 0) is 13.0 Å². The average Bonchev–Trinajstić information content (AvgIpc) is 2.68. The average molecular weight is 358 g/mol. The zero-order valence-corrected chi connectivity index (χ0v) is 14.3. The van der Waals surface area contributed by atoms with Gasteiger partial charge < -0.3 is 15.4 Å². The monoisotopic (exact) mass is 358 g/mol. The number of carbonyl (C=O) groups excluding carboxylic acids is 1. The van der Waals surface area contributed by atoms with Crippen LogP contribution in [0.4, 0.5) is 8.78 Å². The van der Waals surface area contributed by atoms with Crippen molar-refractivity contribution >= 4 is 5.91 Å². The molecule has 0 atom stereocenters. The van der Waals surface area contributed by atoms with Crippen LogP contribution >= 0.6 is 0 Å². The van der Waals surface area contributed by atoms with Crippen molar-refractivity contribution in [3.05, 3.63) is 76.9 Å². The molecule has 0 spiro atoms. The lowest BCUT2D eigenvalue weighted by Crippen LogP contribution is -2.35. The van der Waals surface area contributed by atoms with Gasteiger partial charge in [-0.3, -0.25) is 4.79 Å². The van der Waals surface area contributed by atoms with E-state index in [4.69, 9.17) is 10.5 Å². The first-order chi connectivity index (χ1) is 12.6. The van der Waals surface area contributed by atoms with Gasteiger partial charge in [0.15, 0.2) is 11.6 Å². The standard InChI is InChI=1S/C20H20F2N2O2/c21-10-14(11-23)13-26-19-6-5-16(9-18(19)22)20(25)24-8-7-15-3-1-2-4-17(15)12-24/h1-6,9-10H,7-8,11-13,23H2/b14-10-. The minimum absolute atomic E-state index is 0.00881. The summed E-state index contributed by atoms with van der Waals surface area (Å²) in [7, 11) is 0. The highest BCUT2D eigenvalue weighted by Crippen LogP contribution is 2.23. The van der Waals surface area contributed by atoms with Gasteiger partial charge in [0.1, 0.15) is 6.61 Å². The molecule has 136 valence electrons. The number of hydrogen-bond acceptors (Lipinski definition) is 3. The molecule has 0 unspecified atom stereocenters. The number of hydrogen-bond donors (Lipinski definition) is 1. The predicted octanol–water partition coefficient (Wildman–Crippen LogP) is 3.22. The van der Waals surface area contributed by atoms with Gasteiger partial charge in [-0.05, 0) is 35.7 Å². The second kappa shape index (κ2) is 8.10. The molecule has 1 aliphatic rings. The number of ether oxygens (including phenoxy) is 1. The van der Waals surface area contributed by atoms with Crippen molar-refractivity contribution in [3.8, 4) is 5.75 Å². The maximum absolute atomic E-state index is 14.2. The molecule has 2 aromatic rings. The van der Waals surface area contributed by atoms with Crippen LogP contribution in [0.5, 0.6) is 5.75 Å². The summed E-state index contributed by atoms with van der Waals surface area (Å²) in [6, 6.07) is 12.0. The zero-order chi connectivity index (χ0) is 18.5. The third-order valence-corrected chi connectivity index (χ3v) is 4.43. The molecule has 4 nitrogen and oxygen atoms in total. The van der Waals surface area contributed by atoms with Gasteiger partial charge >= 0.3 is 0 Å². The Balaban J connectivity index is 1.70. The van der Waals surface area contributed by atoms with Gasteiger partial charge in [-0.1, -0.05) is 24.3 Å². The number of benzene rings is 2. The molecule has 0 saturated carbocycles. The van der Waals surface area contributed by atoms with E-state index in [9.17, 15) is 13.6 Å². The highest BCUT2D eigenvalue weighted by molar-refractivity contribution is 5.94. The number of rotatable bonds is 5. The van der Waals surface area contributed by atoms with E-state index in [-0.39, 0.29) is 35.9 Å². The Labute approximate surface area is 150 Å². The van der Waals surface area contributed by atoms with Crippen molar-refractivity contribution in [1.82, 2.24) is 4.90 Å². The maximum atomic E-state index is 14.2. The summed E-state index contributed by atoms with van der Waals surface area (Å²) in [5.41, 5.74) is 8.16. The molecule has 1 aliphatic heterocycles. The summed E-state index contributed by atoms with van der Waals surface area (Å²) in [6.07, 6.45) is 1.13. The SMILES string of the molecule is NC/C(=C/F)COc1ccc(C(=O)N2CCc3ccccc3C2)cc1F. The number of nitrogens with zero attached hydrogens (tertiary/aromatic N) is 1. The highest BCUT2D eigenvalue weighted by Gasteiger charge is 2.22. The van der Waals surface area contributed by atoms with Crippen molar-refractivity contribution in [2.24, 2.45) is 5.73 Å². The van der Waals surface area contributed by atoms with E-state index in [0.717, 1.165) is 18.1 Å². The van der Waals surface area contributed by atoms with Gasteiger partial charge in [0.2, 0.25) is 0 Å². The Morgan fingerprint density at radius 3 is 2.69 bits per heavy atom. The Kier molecular flexibility index (Phi) is 5.63. The maximum Gasteiger partial charge on any atom is 0.254 e. The smallest absolute Gasteiger partial charge is 0.254 e. The van der Waals surface area contributed by atoms with E-state index in [2.05, 4.69) is 6.07 Å². The van der Waals surface area contributed by atoms with E-state index < -0.39 is 5.82 Å². The number of nitrogens with two attached hydrogens (primary N) is 1. The lowest BCUT2D eigenvalue weighted by atomic mass is 9.99. The number of carbonyl (C=O) groups is 1. The van der Waals surface area contributed by atoms with Crippen LogP contribution < -0.4 is 10.5 Å². The molecule has 0 aliphatic carbocycles. The van der Waals surface area contributed by atoms with Crippen molar-refractivity contribution in [3.63, 3.8) is 0 Å². The third kappa shape index (κ3) is 3.91. The summed E-state index contributed by atoms with van der Waals surface area (Å²) in [5.74, 6) is -0.932. The largest absolute Gasteiger partial charge is 0.486 e. The summed E-state index contributed by atoms with van der Waals surface area (Å²) >= 11 is 0. The molecule has 0 fully saturated rings. The topological polar surface area (TPSA) is 55.6 Å². The van der Waals surface area contributed by atoms with E-state index in [1.165, 1.54) is 17.7 Å². The predicted molar refractivity (Wildman–Crippen MR) is 95.0 cm³/mol. The summed E-state index contributed by atoms with van der Waals surface area (Å²) in [6.45, 7) is 0.956. The van der Waals surface area contributed by atoms with Crippen LogP contribution in [0.1, 0.15) is 21.5 Å². The fourth-order valence-corrected chi connectivity index (χ4v) is 2.91. The van der Waals surface area contributed by atoms with Crippen LogP contribution in [0.15, 0.2) is 54.4 Å². The van der Waals surface area contributed by atoms with Crippen molar-refractivity contribution in [1.29, 1.82) is 0 Å². The first-order valence-corrected chi connectivity index (χ1v) is 8.39. The zero-order valence-electron chi connectivity index (χ0n) is 14.3. The fraction of sp³-hybridized carbons (Fsp3) is 0.250. The molecule has 0 radical (unpaired) electrons. The Bertz CT molecular complexity index is 836. The number of amides is 1. The van der Waals surface area contributed by atoms with Gasteiger partial charge in [-0.15, -0.1) is 0 Å². The Morgan fingerprint density at radius 1 is 1.23 bits per heavy atom. The highest BCUT2D eigenvalue weighted by atomic mass is 19.1. The quantitative estimate of drug-likeness (QED) is 0.893. The van der Waals surface area contributed by atoms with Crippen LogP contribution in [0.3, 0.4) is 0 Å². The first-order valence-electron chi connectivity index (χ1n) is 8.39. The van der Waals surface area contributed by atoms with Gasteiger partial charge in [-0.2, -0.15) is 0 Å². The van der Waals surface area contributed by atoms with Crippen LogP contribution in [0.2, 0.25) is 0 Å². The number of halogens is 2. The second-order valence-corrected chi connectivity index (χ2v) is 6.15. The molecule has 0 saturated heterocycles. The van der Waals surface area contributed by atoms with Crippen LogP contribution in [0, 0.1) is 5.82 Å². The molecule has 1 amide bonds. The van der Waals surface area contributed by atoms with Gasteiger partial charge in [0.25, 0.3) is 5.91 Å². The van der Waals surface area contributed by atoms with Gasteiger partial charge in [0, 0.05) is 30.8 Å². The van der Waals surface area contributed by atoms with Crippen molar-refractivity contribution < 1.29 is 18.3 Å².